The van der Waals surface area contributed by atoms with Gasteiger partial charge in [0, 0.05) is 11.6 Å². The SMILES string of the molecule is CC1CCCC(NS(=O)(=O)c2ccc(C(N)=S)cc2)CC1. The molecule has 3 N–H and O–H groups in total. The molecule has 2 unspecified atom stereocenters. The highest BCUT2D eigenvalue weighted by Crippen LogP contribution is 2.24. The van der Waals surface area contributed by atoms with Gasteiger partial charge in [0.15, 0.2) is 0 Å². The minimum absolute atomic E-state index is 0.0372. The molecule has 0 amide bonds. The summed E-state index contributed by atoms with van der Waals surface area (Å²) in [5.74, 6) is 0.685. The fourth-order valence-corrected chi connectivity index (χ4v) is 4.13. The van der Waals surface area contributed by atoms with Gasteiger partial charge in [-0.1, -0.05) is 44.1 Å². The molecule has 2 atom stereocenters. The zero-order chi connectivity index (χ0) is 15.5. The number of nitrogens with two attached hydrogens (primary N) is 1. The largest absolute Gasteiger partial charge is 0.389 e. The fourth-order valence-electron chi connectivity index (χ4n) is 2.69. The normalized spacial score (nSPS) is 23.5. The van der Waals surface area contributed by atoms with E-state index in [1.165, 1.54) is 6.42 Å². The van der Waals surface area contributed by atoms with Crippen LogP contribution in [-0.2, 0) is 10.0 Å². The van der Waals surface area contributed by atoms with Gasteiger partial charge in [0.2, 0.25) is 10.0 Å². The van der Waals surface area contributed by atoms with Crippen LogP contribution in [0.25, 0.3) is 0 Å². The molecule has 1 aromatic carbocycles. The predicted molar refractivity (Wildman–Crippen MR) is 88.7 cm³/mol. The van der Waals surface area contributed by atoms with Gasteiger partial charge in [0.25, 0.3) is 0 Å². The van der Waals surface area contributed by atoms with Gasteiger partial charge < -0.3 is 5.73 Å². The van der Waals surface area contributed by atoms with Crippen molar-refractivity contribution < 1.29 is 8.42 Å². The highest BCUT2D eigenvalue weighted by molar-refractivity contribution is 7.89. The second kappa shape index (κ2) is 6.85. The van der Waals surface area contributed by atoms with E-state index in [0.29, 0.717) is 11.5 Å². The Morgan fingerprint density at radius 2 is 1.86 bits per heavy atom. The number of thiocarbonyl (C=S) groups is 1. The summed E-state index contributed by atoms with van der Waals surface area (Å²) in [6.07, 6.45) is 5.16. The van der Waals surface area contributed by atoms with E-state index in [1.807, 2.05) is 0 Å². The van der Waals surface area contributed by atoms with Crippen LogP contribution in [0, 0.1) is 5.92 Å². The maximum atomic E-state index is 12.4. The molecule has 0 radical (unpaired) electrons. The van der Waals surface area contributed by atoms with Gasteiger partial charge in [-0.25, -0.2) is 13.1 Å². The summed E-state index contributed by atoms with van der Waals surface area (Å²) in [4.78, 5) is 0.532. The quantitative estimate of drug-likeness (QED) is 0.659. The topological polar surface area (TPSA) is 72.2 Å². The van der Waals surface area contributed by atoms with Gasteiger partial charge in [0.1, 0.15) is 4.99 Å². The third kappa shape index (κ3) is 4.49. The zero-order valence-electron chi connectivity index (χ0n) is 12.2. The Balaban J connectivity index is 2.08. The summed E-state index contributed by atoms with van der Waals surface area (Å²) in [6.45, 7) is 2.23. The lowest BCUT2D eigenvalue weighted by atomic mass is 10.0. The van der Waals surface area contributed by atoms with E-state index in [9.17, 15) is 8.42 Å². The molecule has 1 saturated carbocycles. The lowest BCUT2D eigenvalue weighted by Gasteiger charge is -2.16. The average molecular weight is 326 g/mol. The van der Waals surface area contributed by atoms with E-state index >= 15 is 0 Å². The molecule has 2 rings (SSSR count). The molecular formula is C15H22N2O2S2. The molecule has 0 aromatic heterocycles. The summed E-state index contributed by atoms with van der Waals surface area (Å²) in [6, 6.07) is 6.43. The first-order chi connectivity index (χ1) is 9.88. The van der Waals surface area contributed by atoms with E-state index in [1.54, 1.807) is 24.3 Å². The van der Waals surface area contributed by atoms with Crippen molar-refractivity contribution in [1.29, 1.82) is 0 Å². The standard InChI is InChI=1S/C15H22N2O2S2/c1-11-3-2-4-13(8-5-11)17-21(18,19)14-9-6-12(7-10-14)15(16)20/h6-7,9-11,13,17H,2-5,8H2,1H3,(H2,16,20). The molecular weight excluding hydrogens is 304 g/mol. The molecule has 1 aliphatic rings. The molecule has 4 nitrogen and oxygen atoms in total. The summed E-state index contributed by atoms with van der Waals surface area (Å²) in [7, 11) is -3.47. The van der Waals surface area contributed by atoms with Crippen LogP contribution in [0.15, 0.2) is 29.2 Å². The molecule has 1 aliphatic carbocycles. The predicted octanol–water partition coefficient (Wildman–Crippen LogP) is 2.57. The number of hydrogen-bond donors (Lipinski definition) is 2. The van der Waals surface area contributed by atoms with Crippen molar-refractivity contribution in [3.8, 4) is 0 Å². The maximum absolute atomic E-state index is 12.4. The van der Waals surface area contributed by atoms with Crippen molar-refractivity contribution in [1.82, 2.24) is 4.72 Å². The third-order valence-corrected chi connectivity index (χ3v) is 5.80. The molecule has 6 heteroatoms. The molecule has 0 saturated heterocycles. The summed E-state index contributed by atoms with van der Waals surface area (Å²) < 4.78 is 27.6. The summed E-state index contributed by atoms with van der Waals surface area (Å²) in [5, 5.41) is 0. The monoisotopic (exact) mass is 326 g/mol. The Morgan fingerprint density at radius 3 is 2.48 bits per heavy atom. The van der Waals surface area contributed by atoms with Crippen molar-refractivity contribution in [2.24, 2.45) is 11.7 Å². The van der Waals surface area contributed by atoms with Gasteiger partial charge in [-0.2, -0.15) is 0 Å². The van der Waals surface area contributed by atoms with Crippen LogP contribution in [0.1, 0.15) is 44.6 Å². The molecule has 116 valence electrons. The first-order valence-electron chi connectivity index (χ1n) is 7.30. The van der Waals surface area contributed by atoms with E-state index in [2.05, 4.69) is 11.6 Å². The van der Waals surface area contributed by atoms with Crippen molar-refractivity contribution in [3.05, 3.63) is 29.8 Å². The third-order valence-electron chi connectivity index (χ3n) is 4.03. The highest BCUT2D eigenvalue weighted by Gasteiger charge is 2.22. The Labute approximate surface area is 132 Å². The van der Waals surface area contributed by atoms with Crippen LogP contribution in [0.5, 0.6) is 0 Å². The van der Waals surface area contributed by atoms with Crippen LogP contribution in [0.2, 0.25) is 0 Å². The number of benzene rings is 1. The fraction of sp³-hybridized carbons (Fsp3) is 0.533. The average Bonchev–Trinajstić information content (AvgIpc) is 2.63. The van der Waals surface area contributed by atoms with E-state index in [4.69, 9.17) is 18.0 Å². The van der Waals surface area contributed by atoms with Crippen LogP contribution in [0.4, 0.5) is 0 Å². The number of sulfonamides is 1. The zero-order valence-corrected chi connectivity index (χ0v) is 13.8. The molecule has 0 heterocycles. The van der Waals surface area contributed by atoms with Crippen LogP contribution in [-0.4, -0.2) is 19.4 Å². The van der Waals surface area contributed by atoms with Crippen molar-refractivity contribution in [2.75, 3.05) is 0 Å². The number of nitrogens with one attached hydrogen (secondary N) is 1. The molecule has 0 spiro atoms. The Hall–Kier alpha value is -0.980. The molecule has 0 aliphatic heterocycles. The van der Waals surface area contributed by atoms with Crippen LogP contribution < -0.4 is 10.5 Å². The Kier molecular flexibility index (Phi) is 5.35. The minimum Gasteiger partial charge on any atom is -0.389 e. The van der Waals surface area contributed by atoms with Crippen molar-refractivity contribution in [2.45, 2.75) is 50.0 Å². The molecule has 1 aromatic rings. The summed E-state index contributed by atoms with van der Waals surface area (Å²) >= 11 is 4.87. The van der Waals surface area contributed by atoms with Gasteiger partial charge in [-0.05, 0) is 37.3 Å². The second-order valence-corrected chi connectivity index (χ2v) is 7.97. The van der Waals surface area contributed by atoms with Gasteiger partial charge >= 0.3 is 0 Å². The first-order valence-corrected chi connectivity index (χ1v) is 9.20. The molecule has 0 bridgehead atoms. The lowest BCUT2D eigenvalue weighted by Crippen LogP contribution is -2.34. The highest BCUT2D eigenvalue weighted by atomic mass is 32.2. The number of hydrogen-bond acceptors (Lipinski definition) is 3. The smallest absolute Gasteiger partial charge is 0.240 e. The maximum Gasteiger partial charge on any atom is 0.240 e. The number of rotatable bonds is 4. The van der Waals surface area contributed by atoms with E-state index in [0.717, 1.165) is 25.7 Å². The van der Waals surface area contributed by atoms with E-state index in [-0.39, 0.29) is 15.9 Å². The van der Waals surface area contributed by atoms with Gasteiger partial charge in [-0.3, -0.25) is 0 Å². The second-order valence-electron chi connectivity index (χ2n) is 5.82. The molecule has 21 heavy (non-hydrogen) atoms. The van der Waals surface area contributed by atoms with Crippen molar-refractivity contribution in [3.63, 3.8) is 0 Å². The Morgan fingerprint density at radius 1 is 1.19 bits per heavy atom. The lowest BCUT2D eigenvalue weighted by molar-refractivity contribution is 0.484. The van der Waals surface area contributed by atoms with Gasteiger partial charge in [0.05, 0.1) is 4.90 Å². The Bertz CT molecular complexity index is 597. The van der Waals surface area contributed by atoms with Crippen molar-refractivity contribution >= 4 is 27.2 Å². The minimum atomic E-state index is -3.47. The first kappa shape index (κ1) is 16.4. The van der Waals surface area contributed by atoms with Crippen LogP contribution >= 0.6 is 12.2 Å². The molecule has 1 fully saturated rings. The van der Waals surface area contributed by atoms with E-state index < -0.39 is 10.0 Å². The van der Waals surface area contributed by atoms with Gasteiger partial charge in [-0.15, -0.1) is 0 Å². The van der Waals surface area contributed by atoms with Crippen LogP contribution in [0.3, 0.4) is 0 Å². The summed E-state index contributed by atoms with van der Waals surface area (Å²) in [5.41, 5.74) is 6.19.